The second-order valence-electron chi connectivity index (χ2n) is 2.27. The lowest BCUT2D eigenvalue weighted by Crippen LogP contribution is -2.01. The highest BCUT2D eigenvalue weighted by Gasteiger charge is 1.99. The van der Waals surface area contributed by atoms with E-state index >= 15 is 0 Å². The fourth-order valence-corrected chi connectivity index (χ4v) is 0.779. The molecule has 0 bridgehead atoms. The number of thiol groups is 1. The lowest BCUT2D eigenvalue weighted by Gasteiger charge is -1.96. The normalized spacial score (nSPS) is 9.81. The first-order valence-corrected chi connectivity index (χ1v) is 6.02. The summed E-state index contributed by atoms with van der Waals surface area (Å²) in [5.74, 6) is 0. The van der Waals surface area contributed by atoms with Gasteiger partial charge < -0.3 is 5.73 Å². The molecular weight excluding hydrogens is 218 g/mol. The van der Waals surface area contributed by atoms with Crippen LogP contribution in [-0.2, 0) is 4.79 Å². The van der Waals surface area contributed by atoms with E-state index in [1.54, 1.807) is 18.2 Å². The van der Waals surface area contributed by atoms with Crippen LogP contribution < -0.4 is 5.73 Å². The van der Waals surface area contributed by atoms with Crippen LogP contribution in [0.15, 0.2) is 36.0 Å². The number of hydrogen-bond acceptors (Lipinski definition) is 2. The van der Waals surface area contributed by atoms with Gasteiger partial charge in [-0.3, -0.25) is 4.79 Å². The first-order chi connectivity index (χ1) is 7.61. The third-order valence-electron chi connectivity index (χ3n) is 1.21. The number of hydrogen-bond donors (Lipinski definition) is 2. The van der Waals surface area contributed by atoms with Gasteiger partial charge in [0.2, 0.25) is 5.12 Å². The Morgan fingerprint density at radius 1 is 1.31 bits per heavy atom. The second kappa shape index (κ2) is 16.6. The Balaban J connectivity index is -0.000000376. The smallest absolute Gasteiger partial charge is 0.216 e. The zero-order valence-corrected chi connectivity index (χ0v) is 12.0. The molecule has 0 aliphatic carbocycles. The molecule has 16 heavy (non-hydrogen) atoms. The van der Waals surface area contributed by atoms with Gasteiger partial charge >= 0.3 is 0 Å². The molecule has 0 unspecified atom stereocenters. The molecule has 0 spiro atoms. The zero-order valence-electron chi connectivity index (χ0n) is 11.1. The van der Waals surface area contributed by atoms with Crippen molar-refractivity contribution in [3.05, 3.63) is 36.0 Å². The van der Waals surface area contributed by atoms with E-state index in [0.717, 1.165) is 0 Å². The van der Waals surface area contributed by atoms with E-state index in [9.17, 15) is 4.79 Å². The highest BCUT2D eigenvalue weighted by Crippen LogP contribution is 2.05. The van der Waals surface area contributed by atoms with Gasteiger partial charge in [0, 0.05) is 12.1 Å². The first-order valence-electron chi connectivity index (χ1n) is 5.57. The molecule has 0 aliphatic heterocycles. The average Bonchev–Trinajstić information content (AvgIpc) is 2.33. The van der Waals surface area contributed by atoms with Crippen molar-refractivity contribution in [2.45, 2.75) is 34.6 Å². The summed E-state index contributed by atoms with van der Waals surface area (Å²) < 4.78 is 0. The van der Waals surface area contributed by atoms with Gasteiger partial charge in [-0.1, -0.05) is 46.4 Å². The summed E-state index contributed by atoms with van der Waals surface area (Å²) in [5, 5.41) is -0.275. The third kappa shape index (κ3) is 13.2. The fraction of sp³-hybridized carbons (Fsp3) is 0.462. The number of rotatable bonds is 4. The molecule has 0 fully saturated rings. The number of nitrogens with two attached hydrogens (primary N) is 1. The number of carbonyl (C=O) groups is 1. The van der Waals surface area contributed by atoms with Crippen LogP contribution in [0.3, 0.4) is 0 Å². The second-order valence-corrected chi connectivity index (χ2v) is 2.67. The van der Waals surface area contributed by atoms with Crippen molar-refractivity contribution in [2.75, 3.05) is 6.54 Å². The summed E-state index contributed by atoms with van der Waals surface area (Å²) in [6, 6.07) is 0. The van der Waals surface area contributed by atoms with Crippen molar-refractivity contribution in [3.63, 3.8) is 0 Å². The Morgan fingerprint density at radius 2 is 1.75 bits per heavy atom. The van der Waals surface area contributed by atoms with Crippen LogP contribution in [0.25, 0.3) is 0 Å². The van der Waals surface area contributed by atoms with Crippen LogP contribution in [0.5, 0.6) is 0 Å². The first kappa shape index (κ1) is 20.6. The van der Waals surface area contributed by atoms with Gasteiger partial charge in [0.15, 0.2) is 0 Å². The minimum atomic E-state index is -0.275. The quantitative estimate of drug-likeness (QED) is 0.451. The molecule has 0 aromatic heterocycles. The van der Waals surface area contributed by atoms with Crippen molar-refractivity contribution < 1.29 is 4.79 Å². The Morgan fingerprint density at radius 3 is 2.00 bits per heavy atom. The molecule has 94 valence electrons. The van der Waals surface area contributed by atoms with Crippen molar-refractivity contribution in [1.82, 2.24) is 0 Å². The van der Waals surface area contributed by atoms with E-state index < -0.39 is 0 Å². The van der Waals surface area contributed by atoms with E-state index in [-0.39, 0.29) is 5.12 Å². The predicted molar refractivity (Wildman–Crippen MR) is 77.8 cm³/mol. The van der Waals surface area contributed by atoms with Gasteiger partial charge in [0.05, 0.1) is 0 Å². The topological polar surface area (TPSA) is 43.1 Å². The highest BCUT2D eigenvalue weighted by molar-refractivity contribution is 7.97. The molecule has 0 aromatic carbocycles. The molecule has 3 heteroatoms. The predicted octanol–water partition coefficient (Wildman–Crippen LogP) is 3.51. The van der Waals surface area contributed by atoms with Gasteiger partial charge in [-0.05, 0) is 18.6 Å². The number of allylic oxidation sites excluding steroid dienone is 2. The molecule has 0 amide bonds. The van der Waals surface area contributed by atoms with Crippen molar-refractivity contribution in [3.8, 4) is 0 Å². The number of carbonyl (C=O) groups excluding carboxylic acids is 1. The standard InChI is InChI=1S/C9H13NOS.2C2H6/c1-3-4-8(9(11)12)5-7(2)6-10;2*1-2/h3-5H,2,6,10H2,1H3,(H,11,12);2*1-2H3/b4-3-,8-5+;;. The molecule has 0 rings (SSSR count). The molecule has 0 saturated carbocycles. The maximum atomic E-state index is 10.8. The monoisotopic (exact) mass is 243 g/mol. The molecule has 2 N–H and O–H groups in total. The van der Waals surface area contributed by atoms with E-state index in [2.05, 4.69) is 19.2 Å². The summed E-state index contributed by atoms with van der Waals surface area (Å²) >= 11 is 3.70. The van der Waals surface area contributed by atoms with Crippen LogP contribution in [0.2, 0.25) is 0 Å². The summed E-state index contributed by atoms with van der Waals surface area (Å²) in [5.41, 5.74) is 6.54. The van der Waals surface area contributed by atoms with Gasteiger partial charge in [0.25, 0.3) is 0 Å². The van der Waals surface area contributed by atoms with Crippen LogP contribution in [0.4, 0.5) is 0 Å². The van der Waals surface area contributed by atoms with Crippen molar-refractivity contribution >= 4 is 17.7 Å². The third-order valence-corrected chi connectivity index (χ3v) is 1.47. The lowest BCUT2D eigenvalue weighted by molar-refractivity contribution is -0.107. The van der Waals surface area contributed by atoms with Gasteiger partial charge in [-0.25, -0.2) is 0 Å². The highest BCUT2D eigenvalue weighted by atomic mass is 32.1. The Labute approximate surface area is 106 Å². The van der Waals surface area contributed by atoms with Gasteiger partial charge in [-0.2, -0.15) is 0 Å². The summed E-state index contributed by atoms with van der Waals surface area (Å²) in [6.07, 6.45) is 5.08. The Bertz CT molecular complexity index is 242. The van der Waals surface area contributed by atoms with Crippen molar-refractivity contribution in [2.24, 2.45) is 5.73 Å². The van der Waals surface area contributed by atoms with Crippen molar-refractivity contribution in [1.29, 1.82) is 0 Å². The Kier molecular flexibility index (Phi) is 21.4. The molecular formula is C13H25NOS. The summed E-state index contributed by atoms with van der Waals surface area (Å²) in [4.78, 5) is 10.8. The maximum absolute atomic E-state index is 10.8. The molecule has 2 nitrogen and oxygen atoms in total. The largest absolute Gasteiger partial charge is 0.327 e. The van der Waals surface area contributed by atoms with Gasteiger partial charge in [0.1, 0.15) is 0 Å². The van der Waals surface area contributed by atoms with E-state index in [0.29, 0.717) is 17.7 Å². The molecule has 0 atom stereocenters. The molecule has 0 saturated heterocycles. The molecule has 0 aromatic rings. The SMILES string of the molecule is C=C(/C=C(\C=C/C)C(=O)S)CN.CC.CC. The summed E-state index contributed by atoms with van der Waals surface area (Å²) in [7, 11) is 0. The van der Waals surface area contributed by atoms with Crippen LogP contribution in [0, 0.1) is 0 Å². The molecule has 0 aliphatic rings. The maximum Gasteiger partial charge on any atom is 0.216 e. The summed E-state index contributed by atoms with van der Waals surface area (Å²) in [6.45, 7) is 13.8. The van der Waals surface area contributed by atoms with Gasteiger partial charge in [-0.15, -0.1) is 12.6 Å². The average molecular weight is 243 g/mol. The van der Waals surface area contributed by atoms with Crippen LogP contribution in [-0.4, -0.2) is 11.7 Å². The Hall–Kier alpha value is -0.800. The zero-order chi connectivity index (χ0) is 13.6. The minimum Gasteiger partial charge on any atom is -0.327 e. The van der Waals surface area contributed by atoms with E-state index in [1.165, 1.54) is 0 Å². The lowest BCUT2D eigenvalue weighted by atomic mass is 10.2. The van der Waals surface area contributed by atoms with E-state index in [1.807, 2.05) is 34.6 Å². The molecule has 0 heterocycles. The van der Waals surface area contributed by atoms with Crippen LogP contribution in [0.1, 0.15) is 34.6 Å². The van der Waals surface area contributed by atoms with E-state index in [4.69, 9.17) is 5.73 Å². The fourth-order valence-electron chi connectivity index (χ4n) is 0.640. The van der Waals surface area contributed by atoms with Crippen LogP contribution >= 0.6 is 12.6 Å². The molecule has 0 radical (unpaired) electrons. The minimum absolute atomic E-state index is 0.275.